The predicted molar refractivity (Wildman–Crippen MR) is 115 cm³/mol. The van der Waals surface area contributed by atoms with E-state index in [0.29, 0.717) is 38.6 Å². The molecule has 0 unspecified atom stereocenters. The molecule has 1 aliphatic heterocycles. The van der Waals surface area contributed by atoms with Gasteiger partial charge in [0.2, 0.25) is 0 Å². The van der Waals surface area contributed by atoms with Crippen LogP contribution < -0.4 is 10.1 Å². The van der Waals surface area contributed by atoms with E-state index >= 15 is 0 Å². The summed E-state index contributed by atoms with van der Waals surface area (Å²) in [6, 6.07) is 16.8. The van der Waals surface area contributed by atoms with Crippen molar-refractivity contribution in [3.8, 4) is 17.1 Å². The number of furan rings is 1. The number of amides is 1. The molecule has 4 rings (SSSR count). The van der Waals surface area contributed by atoms with Crippen molar-refractivity contribution in [2.45, 2.75) is 0 Å². The second kappa shape index (κ2) is 8.26. The fourth-order valence-corrected chi connectivity index (χ4v) is 3.67. The lowest BCUT2D eigenvalue weighted by atomic mass is 10.1. The van der Waals surface area contributed by atoms with Gasteiger partial charge in [0.25, 0.3) is 11.6 Å². The number of methoxy groups -OCH3 is 1. The summed E-state index contributed by atoms with van der Waals surface area (Å²) in [6.07, 6.45) is 1.57. The predicted octanol–water partition coefficient (Wildman–Crippen LogP) is 4.76. The largest absolute Gasteiger partial charge is 0.494 e. The Labute approximate surface area is 175 Å². The number of hydrogen-bond acceptors (Lipinski definition) is 7. The fraction of sp³-hybridized carbons (Fsp3) is 0.0476. The first-order valence-electron chi connectivity index (χ1n) is 8.81. The molecule has 1 amide bonds. The van der Waals surface area contributed by atoms with Crippen LogP contribution in [0.5, 0.6) is 5.75 Å². The third-order valence-electron chi connectivity index (χ3n) is 4.22. The molecular formula is C21H15N3O5S. The molecule has 2 heterocycles. The Morgan fingerprint density at radius 3 is 2.70 bits per heavy atom. The minimum absolute atomic E-state index is 0.0507. The van der Waals surface area contributed by atoms with Crippen molar-refractivity contribution in [3.63, 3.8) is 0 Å². The molecule has 1 fully saturated rings. The van der Waals surface area contributed by atoms with E-state index in [1.165, 1.54) is 17.8 Å². The number of hydrogen-bond donors (Lipinski definition) is 1. The first-order chi connectivity index (χ1) is 14.5. The third-order valence-corrected chi connectivity index (χ3v) is 5.13. The van der Waals surface area contributed by atoms with Gasteiger partial charge < -0.3 is 14.5 Å². The van der Waals surface area contributed by atoms with Gasteiger partial charge in [0.15, 0.2) is 5.17 Å². The number of nitrogens with zero attached hydrogens (tertiary/aromatic N) is 2. The van der Waals surface area contributed by atoms with E-state index in [1.807, 2.05) is 12.1 Å². The number of thioether (sulfide) groups is 1. The summed E-state index contributed by atoms with van der Waals surface area (Å²) in [4.78, 5) is 27.9. The van der Waals surface area contributed by atoms with Gasteiger partial charge in [-0.3, -0.25) is 14.9 Å². The molecule has 8 nitrogen and oxygen atoms in total. The summed E-state index contributed by atoms with van der Waals surface area (Å²) in [6.45, 7) is 0. The van der Waals surface area contributed by atoms with E-state index in [2.05, 4.69) is 10.3 Å². The highest BCUT2D eigenvalue weighted by atomic mass is 32.2. The quantitative estimate of drug-likeness (QED) is 0.362. The lowest BCUT2D eigenvalue weighted by Gasteiger charge is -2.03. The lowest BCUT2D eigenvalue weighted by molar-refractivity contribution is -0.384. The minimum Gasteiger partial charge on any atom is -0.494 e. The number of rotatable bonds is 5. The number of carbonyl (C=O) groups excluding carboxylic acids is 1. The van der Waals surface area contributed by atoms with E-state index in [4.69, 9.17) is 9.15 Å². The van der Waals surface area contributed by atoms with Gasteiger partial charge in [-0.2, -0.15) is 0 Å². The monoisotopic (exact) mass is 421 g/mol. The molecule has 1 N–H and O–H groups in total. The van der Waals surface area contributed by atoms with Crippen molar-refractivity contribution in [3.05, 3.63) is 81.4 Å². The maximum Gasteiger partial charge on any atom is 0.280 e. The van der Waals surface area contributed by atoms with Crippen LogP contribution in [0.2, 0.25) is 0 Å². The molecule has 1 saturated heterocycles. The summed E-state index contributed by atoms with van der Waals surface area (Å²) >= 11 is 1.17. The molecule has 0 spiro atoms. The van der Waals surface area contributed by atoms with Crippen molar-refractivity contribution >= 4 is 40.3 Å². The molecule has 0 aliphatic carbocycles. The van der Waals surface area contributed by atoms with Crippen LogP contribution in [0.15, 0.2) is 75.0 Å². The smallest absolute Gasteiger partial charge is 0.280 e. The minimum atomic E-state index is -0.461. The van der Waals surface area contributed by atoms with Gasteiger partial charge in [0.05, 0.1) is 22.5 Å². The molecule has 0 saturated carbocycles. The number of amidine groups is 1. The van der Waals surface area contributed by atoms with Crippen molar-refractivity contribution in [2.75, 3.05) is 7.11 Å². The maximum absolute atomic E-state index is 12.3. The third kappa shape index (κ3) is 3.96. The molecule has 1 aliphatic rings. The number of nitrogens with one attached hydrogen (secondary N) is 1. The van der Waals surface area contributed by atoms with Gasteiger partial charge in [-0.25, -0.2) is 4.99 Å². The zero-order chi connectivity index (χ0) is 21.1. The second-order valence-electron chi connectivity index (χ2n) is 6.13. The van der Waals surface area contributed by atoms with E-state index < -0.39 is 4.92 Å². The van der Waals surface area contributed by atoms with Crippen LogP contribution in [-0.4, -0.2) is 23.1 Å². The van der Waals surface area contributed by atoms with Gasteiger partial charge in [-0.1, -0.05) is 24.3 Å². The topological polar surface area (TPSA) is 107 Å². The summed E-state index contributed by atoms with van der Waals surface area (Å²) in [5.74, 6) is 1.04. The molecule has 0 bridgehead atoms. The molecular weight excluding hydrogens is 406 g/mol. The van der Waals surface area contributed by atoms with Gasteiger partial charge >= 0.3 is 0 Å². The van der Waals surface area contributed by atoms with E-state index in [-0.39, 0.29) is 11.6 Å². The Morgan fingerprint density at radius 2 is 1.90 bits per heavy atom. The number of carbonyl (C=O) groups is 1. The van der Waals surface area contributed by atoms with Crippen LogP contribution in [-0.2, 0) is 4.79 Å². The normalized spacial score (nSPS) is 16.1. The summed E-state index contributed by atoms with van der Waals surface area (Å²) in [5.41, 5.74) is 0.917. The highest BCUT2D eigenvalue weighted by Gasteiger charge is 2.25. The maximum atomic E-state index is 12.3. The van der Waals surface area contributed by atoms with Crippen LogP contribution >= 0.6 is 11.8 Å². The molecule has 150 valence electrons. The first-order valence-corrected chi connectivity index (χ1v) is 9.63. The zero-order valence-corrected chi connectivity index (χ0v) is 16.5. The van der Waals surface area contributed by atoms with Crippen LogP contribution in [0, 0.1) is 10.1 Å². The number of nitro benzene ring substituents is 1. The van der Waals surface area contributed by atoms with Crippen LogP contribution in [0.1, 0.15) is 5.76 Å². The highest BCUT2D eigenvalue weighted by Crippen LogP contribution is 2.34. The Bertz CT molecular complexity index is 1200. The average Bonchev–Trinajstić information content (AvgIpc) is 3.35. The molecule has 30 heavy (non-hydrogen) atoms. The van der Waals surface area contributed by atoms with E-state index in [0.717, 1.165) is 0 Å². The number of benzene rings is 2. The van der Waals surface area contributed by atoms with Crippen LogP contribution in [0.3, 0.4) is 0 Å². The van der Waals surface area contributed by atoms with Gasteiger partial charge in [-0.05, 0) is 42.1 Å². The van der Waals surface area contributed by atoms with E-state index in [9.17, 15) is 14.9 Å². The Morgan fingerprint density at radius 1 is 1.13 bits per heavy atom. The van der Waals surface area contributed by atoms with Gasteiger partial charge in [0.1, 0.15) is 23.0 Å². The number of nitro groups is 1. The first kappa shape index (κ1) is 19.5. The number of ether oxygens (including phenoxy) is 1. The van der Waals surface area contributed by atoms with Gasteiger partial charge in [-0.15, -0.1) is 0 Å². The molecule has 2 aromatic carbocycles. The number of aliphatic imine (C=N–C) groups is 1. The zero-order valence-electron chi connectivity index (χ0n) is 15.7. The summed E-state index contributed by atoms with van der Waals surface area (Å²) in [5, 5.41) is 14.4. The fourth-order valence-electron chi connectivity index (χ4n) is 2.86. The second-order valence-corrected chi connectivity index (χ2v) is 7.16. The van der Waals surface area contributed by atoms with Crippen molar-refractivity contribution in [1.82, 2.24) is 5.32 Å². The standard InChI is InChI=1S/C21H15N3O5S/c1-28-18-9-5-3-7-15(18)22-21-23-20(25)19(30-21)12-13-10-11-17(29-13)14-6-2-4-8-16(14)24(26)27/h2-12H,1H3,(H,22,23,25)/b19-12+. The molecule has 1 aromatic heterocycles. The lowest BCUT2D eigenvalue weighted by Crippen LogP contribution is -2.19. The van der Waals surface area contributed by atoms with Crippen molar-refractivity contribution < 1.29 is 18.9 Å². The summed E-state index contributed by atoms with van der Waals surface area (Å²) < 4.78 is 11.0. The van der Waals surface area contributed by atoms with Crippen LogP contribution in [0.25, 0.3) is 17.4 Å². The SMILES string of the molecule is COc1ccccc1N=C1NC(=O)/C(=C\c2ccc(-c3ccccc3[N+](=O)[O-])o2)S1. The van der Waals surface area contributed by atoms with E-state index in [1.54, 1.807) is 55.7 Å². The number of para-hydroxylation sites is 3. The van der Waals surface area contributed by atoms with Crippen LogP contribution in [0.4, 0.5) is 11.4 Å². The van der Waals surface area contributed by atoms with Gasteiger partial charge in [0, 0.05) is 12.1 Å². The molecule has 3 aromatic rings. The molecule has 0 radical (unpaired) electrons. The Hall–Kier alpha value is -3.85. The summed E-state index contributed by atoms with van der Waals surface area (Å²) in [7, 11) is 1.55. The average molecular weight is 421 g/mol. The Kier molecular flexibility index (Phi) is 5.36. The highest BCUT2D eigenvalue weighted by molar-refractivity contribution is 8.18. The Balaban J connectivity index is 1.59. The molecule has 0 atom stereocenters. The van der Waals surface area contributed by atoms with Crippen molar-refractivity contribution in [1.29, 1.82) is 0 Å². The van der Waals surface area contributed by atoms with Crippen molar-refractivity contribution in [2.24, 2.45) is 4.99 Å². The molecule has 9 heteroatoms.